The van der Waals surface area contributed by atoms with Gasteiger partial charge in [-0.3, -0.25) is 4.79 Å². The standard InChI is InChI=1S/C12H12FN3OS/c1-7(17)10-6-9(13)4-5-11(10)18-12-15-14-8(2)16(12)3/h4-6H,1-3H3. The predicted molar refractivity (Wildman–Crippen MR) is 66.3 cm³/mol. The zero-order valence-electron chi connectivity index (χ0n) is 10.3. The van der Waals surface area contributed by atoms with Crippen molar-refractivity contribution < 1.29 is 9.18 Å². The van der Waals surface area contributed by atoms with Gasteiger partial charge in [0.1, 0.15) is 11.6 Å². The number of ketones is 1. The van der Waals surface area contributed by atoms with Gasteiger partial charge >= 0.3 is 0 Å². The number of benzene rings is 1. The van der Waals surface area contributed by atoms with E-state index in [-0.39, 0.29) is 5.78 Å². The van der Waals surface area contributed by atoms with E-state index in [2.05, 4.69) is 10.2 Å². The number of rotatable bonds is 3. The Bertz CT molecular complexity index is 609. The van der Waals surface area contributed by atoms with Crippen molar-refractivity contribution in [1.82, 2.24) is 14.8 Å². The molecule has 0 radical (unpaired) electrons. The van der Waals surface area contributed by atoms with Gasteiger partial charge in [-0.15, -0.1) is 10.2 Å². The number of carbonyl (C=O) groups excluding carboxylic acids is 1. The summed E-state index contributed by atoms with van der Waals surface area (Å²) < 4.78 is 15.0. The average molecular weight is 265 g/mol. The quantitative estimate of drug-likeness (QED) is 0.800. The van der Waals surface area contributed by atoms with E-state index in [9.17, 15) is 9.18 Å². The van der Waals surface area contributed by atoms with Crippen LogP contribution in [0.25, 0.3) is 0 Å². The van der Waals surface area contributed by atoms with Crippen LogP contribution in [0.1, 0.15) is 23.1 Å². The fourth-order valence-electron chi connectivity index (χ4n) is 1.44. The van der Waals surface area contributed by atoms with Gasteiger partial charge in [-0.2, -0.15) is 0 Å². The van der Waals surface area contributed by atoms with Crippen molar-refractivity contribution in [2.45, 2.75) is 23.9 Å². The molecule has 0 bridgehead atoms. The number of hydrogen-bond donors (Lipinski definition) is 0. The highest BCUT2D eigenvalue weighted by Crippen LogP contribution is 2.29. The Kier molecular flexibility index (Phi) is 3.47. The van der Waals surface area contributed by atoms with Crippen LogP contribution in [0.5, 0.6) is 0 Å². The average Bonchev–Trinajstić information content (AvgIpc) is 2.63. The second kappa shape index (κ2) is 4.89. The van der Waals surface area contributed by atoms with Gasteiger partial charge in [-0.25, -0.2) is 4.39 Å². The summed E-state index contributed by atoms with van der Waals surface area (Å²) in [6.07, 6.45) is 0. The van der Waals surface area contributed by atoms with E-state index in [1.165, 1.54) is 30.8 Å². The number of carbonyl (C=O) groups is 1. The van der Waals surface area contributed by atoms with E-state index in [1.54, 1.807) is 6.07 Å². The summed E-state index contributed by atoms with van der Waals surface area (Å²) in [6.45, 7) is 3.26. The van der Waals surface area contributed by atoms with Crippen molar-refractivity contribution in [2.75, 3.05) is 0 Å². The van der Waals surface area contributed by atoms with Crippen molar-refractivity contribution in [3.05, 3.63) is 35.4 Å². The molecule has 0 fully saturated rings. The molecule has 0 N–H and O–H groups in total. The van der Waals surface area contributed by atoms with E-state index in [1.807, 2.05) is 18.5 Å². The van der Waals surface area contributed by atoms with E-state index in [0.717, 1.165) is 5.82 Å². The largest absolute Gasteiger partial charge is 0.309 e. The first-order valence-electron chi connectivity index (χ1n) is 5.33. The summed E-state index contributed by atoms with van der Waals surface area (Å²) >= 11 is 1.30. The Balaban J connectivity index is 2.40. The maximum atomic E-state index is 13.1. The summed E-state index contributed by atoms with van der Waals surface area (Å²) in [7, 11) is 1.84. The van der Waals surface area contributed by atoms with Crippen LogP contribution in [0.15, 0.2) is 28.3 Å². The van der Waals surface area contributed by atoms with Gasteiger partial charge in [-0.05, 0) is 43.8 Å². The van der Waals surface area contributed by atoms with Crippen molar-refractivity contribution >= 4 is 17.5 Å². The summed E-state index contributed by atoms with van der Waals surface area (Å²) in [6, 6.07) is 4.16. The Morgan fingerprint density at radius 3 is 2.67 bits per heavy atom. The van der Waals surface area contributed by atoms with Crippen molar-refractivity contribution in [3.8, 4) is 0 Å². The van der Waals surface area contributed by atoms with Gasteiger partial charge < -0.3 is 4.57 Å². The fraction of sp³-hybridized carbons (Fsp3) is 0.250. The van der Waals surface area contributed by atoms with Crippen LogP contribution in [0.2, 0.25) is 0 Å². The second-order valence-corrected chi connectivity index (χ2v) is 4.90. The lowest BCUT2D eigenvalue weighted by molar-refractivity contribution is 0.101. The molecule has 1 aromatic heterocycles. The third-order valence-corrected chi connectivity index (χ3v) is 3.69. The molecular weight excluding hydrogens is 253 g/mol. The molecule has 4 nitrogen and oxygen atoms in total. The third kappa shape index (κ3) is 2.43. The molecule has 0 aliphatic rings. The fourth-order valence-corrected chi connectivity index (χ4v) is 2.44. The highest BCUT2D eigenvalue weighted by Gasteiger charge is 2.13. The van der Waals surface area contributed by atoms with Gasteiger partial charge in [0.05, 0.1) is 0 Å². The van der Waals surface area contributed by atoms with Crippen LogP contribution < -0.4 is 0 Å². The topological polar surface area (TPSA) is 47.8 Å². The number of halogens is 1. The number of Topliss-reactive ketones (excluding diaryl/α,β-unsaturated/α-hetero) is 1. The lowest BCUT2D eigenvalue weighted by atomic mass is 10.1. The zero-order chi connectivity index (χ0) is 13.3. The lowest BCUT2D eigenvalue weighted by Gasteiger charge is -2.06. The molecule has 1 aromatic carbocycles. The lowest BCUT2D eigenvalue weighted by Crippen LogP contribution is -1.98. The molecule has 0 aliphatic carbocycles. The Hall–Kier alpha value is -1.69. The van der Waals surface area contributed by atoms with Crippen LogP contribution in [-0.2, 0) is 7.05 Å². The summed E-state index contributed by atoms with van der Waals surface area (Å²) in [4.78, 5) is 12.2. The number of aryl methyl sites for hydroxylation is 1. The van der Waals surface area contributed by atoms with Gasteiger partial charge in [0, 0.05) is 17.5 Å². The Morgan fingerprint density at radius 1 is 1.39 bits per heavy atom. The normalized spacial score (nSPS) is 10.7. The zero-order valence-corrected chi connectivity index (χ0v) is 11.1. The van der Waals surface area contributed by atoms with Crippen LogP contribution >= 0.6 is 11.8 Å². The molecule has 0 aliphatic heterocycles. The van der Waals surface area contributed by atoms with Crippen molar-refractivity contribution in [3.63, 3.8) is 0 Å². The molecule has 0 saturated heterocycles. The molecule has 1 heterocycles. The van der Waals surface area contributed by atoms with Gasteiger partial charge in [0.15, 0.2) is 10.9 Å². The molecule has 6 heteroatoms. The minimum absolute atomic E-state index is 0.170. The first-order chi connectivity index (χ1) is 8.49. The minimum atomic E-state index is -0.418. The maximum Gasteiger partial charge on any atom is 0.195 e. The molecule has 0 amide bonds. The SMILES string of the molecule is CC(=O)c1cc(F)ccc1Sc1nnc(C)n1C. The first kappa shape index (κ1) is 12.8. The van der Waals surface area contributed by atoms with Crippen LogP contribution in [0.3, 0.4) is 0 Å². The summed E-state index contributed by atoms with van der Waals surface area (Å²) in [5.74, 6) is 0.193. The first-order valence-corrected chi connectivity index (χ1v) is 6.15. The predicted octanol–water partition coefficient (Wildman–Crippen LogP) is 2.62. The van der Waals surface area contributed by atoms with Crippen LogP contribution in [0, 0.1) is 12.7 Å². The Morgan fingerprint density at radius 2 is 2.11 bits per heavy atom. The van der Waals surface area contributed by atoms with Crippen molar-refractivity contribution in [1.29, 1.82) is 0 Å². The summed E-state index contributed by atoms with van der Waals surface area (Å²) in [5, 5.41) is 8.61. The van der Waals surface area contributed by atoms with Crippen LogP contribution in [-0.4, -0.2) is 20.5 Å². The van der Waals surface area contributed by atoms with E-state index < -0.39 is 5.82 Å². The molecule has 2 rings (SSSR count). The molecular formula is C12H12FN3OS. The highest BCUT2D eigenvalue weighted by molar-refractivity contribution is 7.99. The minimum Gasteiger partial charge on any atom is -0.309 e. The second-order valence-electron chi connectivity index (χ2n) is 3.89. The van der Waals surface area contributed by atoms with Gasteiger partial charge in [0.25, 0.3) is 0 Å². The Labute approximate surface area is 108 Å². The number of nitrogens with zero attached hydrogens (tertiary/aromatic N) is 3. The molecule has 18 heavy (non-hydrogen) atoms. The van der Waals surface area contributed by atoms with Gasteiger partial charge in [0.2, 0.25) is 0 Å². The smallest absolute Gasteiger partial charge is 0.195 e. The molecule has 0 unspecified atom stereocenters. The summed E-state index contributed by atoms with van der Waals surface area (Å²) in [5.41, 5.74) is 0.362. The number of aromatic nitrogens is 3. The van der Waals surface area contributed by atoms with E-state index in [0.29, 0.717) is 15.6 Å². The highest BCUT2D eigenvalue weighted by atomic mass is 32.2. The molecule has 94 valence electrons. The van der Waals surface area contributed by atoms with E-state index in [4.69, 9.17) is 0 Å². The molecule has 0 atom stereocenters. The molecule has 2 aromatic rings. The monoisotopic (exact) mass is 265 g/mol. The van der Waals surface area contributed by atoms with Crippen LogP contribution in [0.4, 0.5) is 4.39 Å². The molecule has 0 spiro atoms. The molecule has 0 saturated carbocycles. The maximum absolute atomic E-state index is 13.1. The van der Waals surface area contributed by atoms with Crippen molar-refractivity contribution in [2.24, 2.45) is 7.05 Å². The number of hydrogen-bond acceptors (Lipinski definition) is 4. The van der Waals surface area contributed by atoms with Gasteiger partial charge in [-0.1, -0.05) is 0 Å². The van der Waals surface area contributed by atoms with E-state index >= 15 is 0 Å². The third-order valence-electron chi connectivity index (χ3n) is 2.57.